The molecule has 2 rings (SSSR count). The maximum absolute atomic E-state index is 13.6. The lowest BCUT2D eigenvalue weighted by molar-refractivity contribution is -0.122. The fourth-order valence-electron chi connectivity index (χ4n) is 1.73. The first kappa shape index (κ1) is 11.5. The minimum Gasteiger partial charge on any atom is -0.277 e. The molecule has 4 nitrogen and oxygen atoms in total. The molecule has 1 N–H and O–H groups in total. The number of rotatable bonds is 1. The van der Waals surface area contributed by atoms with Gasteiger partial charge in [-0.15, -0.1) is 0 Å². The van der Waals surface area contributed by atoms with Crippen LogP contribution in [0.25, 0.3) is 0 Å². The van der Waals surface area contributed by atoms with Crippen molar-refractivity contribution in [2.45, 2.75) is 19.4 Å². The summed E-state index contributed by atoms with van der Waals surface area (Å²) in [4.78, 5) is 24.0. The number of carbonyl (C=O) groups excluding carboxylic acids is 2. The number of halogens is 2. The Morgan fingerprint density at radius 2 is 1.88 bits per heavy atom. The number of urea groups is 1. The van der Waals surface area contributed by atoms with Gasteiger partial charge in [-0.3, -0.25) is 15.0 Å². The lowest BCUT2D eigenvalue weighted by atomic mass is 10.0. The van der Waals surface area contributed by atoms with E-state index in [9.17, 15) is 18.4 Å². The summed E-state index contributed by atoms with van der Waals surface area (Å²) in [7, 11) is 0. The van der Waals surface area contributed by atoms with Crippen LogP contribution in [0.2, 0.25) is 0 Å². The van der Waals surface area contributed by atoms with Crippen LogP contribution in [0.15, 0.2) is 18.2 Å². The molecule has 1 fully saturated rings. The predicted molar refractivity (Wildman–Crippen MR) is 56.5 cm³/mol. The number of nitrogens with zero attached hydrogens (tertiary/aromatic N) is 1. The van der Waals surface area contributed by atoms with Gasteiger partial charge in [0.15, 0.2) is 0 Å². The van der Waals surface area contributed by atoms with Crippen LogP contribution in [-0.4, -0.2) is 17.5 Å². The van der Waals surface area contributed by atoms with Crippen molar-refractivity contribution in [1.82, 2.24) is 5.32 Å². The molecule has 1 heterocycles. The van der Waals surface area contributed by atoms with Crippen molar-refractivity contribution in [3.63, 3.8) is 0 Å². The third kappa shape index (κ3) is 1.65. The Bertz CT molecular complexity index is 514. The highest BCUT2D eigenvalue weighted by molar-refractivity contribution is 6.16. The summed E-state index contributed by atoms with van der Waals surface area (Å²) in [5, 5.41) is 2.09. The van der Waals surface area contributed by atoms with E-state index >= 15 is 0 Å². The summed E-state index contributed by atoms with van der Waals surface area (Å²) in [6.45, 7) is 2.96. The van der Waals surface area contributed by atoms with Crippen LogP contribution in [-0.2, 0) is 4.79 Å². The van der Waals surface area contributed by atoms with Crippen LogP contribution in [0.4, 0.5) is 19.3 Å². The average Bonchev–Trinajstić information content (AvgIpc) is 2.39. The molecule has 1 aromatic rings. The largest absolute Gasteiger partial charge is 0.329 e. The number of hydrogen-bond donors (Lipinski definition) is 1. The van der Waals surface area contributed by atoms with Gasteiger partial charge in [0, 0.05) is 6.07 Å². The number of hydrogen-bond acceptors (Lipinski definition) is 2. The maximum atomic E-state index is 13.6. The second-order valence-electron chi connectivity index (χ2n) is 4.25. The van der Waals surface area contributed by atoms with E-state index in [1.807, 2.05) is 0 Å². The van der Waals surface area contributed by atoms with Gasteiger partial charge in [-0.05, 0) is 26.0 Å². The molecule has 0 unspecified atom stereocenters. The molecule has 0 radical (unpaired) electrons. The Morgan fingerprint density at radius 3 is 2.35 bits per heavy atom. The third-order valence-corrected chi connectivity index (χ3v) is 2.69. The molecule has 0 saturated carbocycles. The van der Waals surface area contributed by atoms with Crippen molar-refractivity contribution in [2.24, 2.45) is 0 Å². The standard InChI is InChI=1S/C11H10F2N2O2/c1-11(2)9(16)14-10(17)15(11)8-4-3-6(12)5-7(8)13/h3-5H,1-2H3,(H,14,16,17). The second kappa shape index (κ2) is 3.51. The SMILES string of the molecule is CC1(C)C(=O)NC(=O)N1c1ccc(F)cc1F. The van der Waals surface area contributed by atoms with E-state index in [0.717, 1.165) is 17.0 Å². The monoisotopic (exact) mass is 240 g/mol. The van der Waals surface area contributed by atoms with Crippen LogP contribution >= 0.6 is 0 Å². The minimum atomic E-state index is -1.20. The molecule has 0 aliphatic carbocycles. The van der Waals surface area contributed by atoms with Gasteiger partial charge < -0.3 is 0 Å². The molecule has 3 amide bonds. The molecule has 90 valence electrons. The van der Waals surface area contributed by atoms with Crippen molar-refractivity contribution in [3.05, 3.63) is 29.8 Å². The smallest absolute Gasteiger partial charge is 0.277 e. The molecular formula is C11H10F2N2O2. The van der Waals surface area contributed by atoms with Crippen molar-refractivity contribution in [3.8, 4) is 0 Å². The van der Waals surface area contributed by atoms with Crippen LogP contribution in [0.5, 0.6) is 0 Å². The first-order valence-electron chi connectivity index (χ1n) is 4.95. The molecule has 0 aromatic heterocycles. The molecule has 0 atom stereocenters. The Labute approximate surface area is 96.2 Å². The molecule has 17 heavy (non-hydrogen) atoms. The summed E-state index contributed by atoms with van der Waals surface area (Å²) < 4.78 is 26.3. The molecule has 1 aliphatic rings. The summed E-state index contributed by atoms with van der Waals surface area (Å²) in [6, 6.07) is 2.11. The van der Waals surface area contributed by atoms with Gasteiger partial charge in [0.2, 0.25) is 0 Å². The average molecular weight is 240 g/mol. The predicted octanol–water partition coefficient (Wildman–Crippen LogP) is 1.80. The molecule has 0 bridgehead atoms. The number of nitrogens with one attached hydrogen (secondary N) is 1. The van der Waals surface area contributed by atoms with Gasteiger partial charge in [0.25, 0.3) is 5.91 Å². The zero-order chi connectivity index (χ0) is 12.8. The molecule has 0 spiro atoms. The quantitative estimate of drug-likeness (QED) is 0.761. The lowest BCUT2D eigenvalue weighted by Crippen LogP contribution is -2.44. The number of benzene rings is 1. The van der Waals surface area contributed by atoms with E-state index in [-0.39, 0.29) is 5.69 Å². The highest BCUT2D eigenvalue weighted by atomic mass is 19.1. The van der Waals surface area contributed by atoms with Crippen molar-refractivity contribution < 1.29 is 18.4 Å². The zero-order valence-electron chi connectivity index (χ0n) is 9.25. The summed E-state index contributed by atoms with van der Waals surface area (Å²) in [5.41, 5.74) is -1.32. The van der Waals surface area contributed by atoms with Crippen molar-refractivity contribution >= 4 is 17.6 Å². The van der Waals surface area contributed by atoms with Crippen LogP contribution in [0.3, 0.4) is 0 Å². The van der Waals surface area contributed by atoms with Gasteiger partial charge >= 0.3 is 6.03 Å². The van der Waals surface area contributed by atoms with Gasteiger partial charge in [-0.25, -0.2) is 13.6 Å². The van der Waals surface area contributed by atoms with Gasteiger partial charge in [0.05, 0.1) is 5.69 Å². The normalized spacial score (nSPS) is 18.5. The molecule has 1 saturated heterocycles. The number of amides is 3. The van der Waals surface area contributed by atoms with Crippen molar-refractivity contribution in [2.75, 3.05) is 4.90 Å². The Hall–Kier alpha value is -1.98. The fourth-order valence-corrected chi connectivity index (χ4v) is 1.73. The number of carbonyl (C=O) groups is 2. The summed E-state index contributed by atoms with van der Waals surface area (Å²) in [6.07, 6.45) is 0. The molecule has 1 aliphatic heterocycles. The van der Waals surface area contributed by atoms with E-state index in [0.29, 0.717) is 6.07 Å². The first-order chi connectivity index (χ1) is 7.84. The third-order valence-electron chi connectivity index (χ3n) is 2.69. The number of anilines is 1. The maximum Gasteiger partial charge on any atom is 0.329 e. The molecule has 6 heteroatoms. The summed E-state index contributed by atoms with van der Waals surface area (Å²) >= 11 is 0. The van der Waals surface area contributed by atoms with Crippen LogP contribution < -0.4 is 10.2 Å². The highest BCUT2D eigenvalue weighted by Gasteiger charge is 2.47. The molecular weight excluding hydrogens is 230 g/mol. The summed E-state index contributed by atoms with van der Waals surface area (Å²) in [5.74, 6) is -2.15. The zero-order valence-corrected chi connectivity index (χ0v) is 9.25. The Kier molecular flexibility index (Phi) is 2.38. The lowest BCUT2D eigenvalue weighted by Gasteiger charge is -2.28. The van der Waals surface area contributed by atoms with Crippen molar-refractivity contribution in [1.29, 1.82) is 0 Å². The van der Waals surface area contributed by atoms with E-state index in [1.165, 1.54) is 13.8 Å². The first-order valence-corrected chi connectivity index (χ1v) is 4.95. The number of imide groups is 1. The van der Waals surface area contributed by atoms with E-state index in [2.05, 4.69) is 5.32 Å². The minimum absolute atomic E-state index is 0.125. The van der Waals surface area contributed by atoms with E-state index < -0.39 is 29.1 Å². The van der Waals surface area contributed by atoms with Gasteiger partial charge in [-0.1, -0.05) is 0 Å². The molecule has 1 aromatic carbocycles. The highest BCUT2D eigenvalue weighted by Crippen LogP contribution is 2.30. The van der Waals surface area contributed by atoms with E-state index in [4.69, 9.17) is 0 Å². The van der Waals surface area contributed by atoms with Gasteiger partial charge in [0.1, 0.15) is 17.2 Å². The van der Waals surface area contributed by atoms with E-state index in [1.54, 1.807) is 0 Å². The Morgan fingerprint density at radius 1 is 1.24 bits per heavy atom. The van der Waals surface area contributed by atoms with Crippen LogP contribution in [0, 0.1) is 11.6 Å². The van der Waals surface area contributed by atoms with Gasteiger partial charge in [-0.2, -0.15) is 0 Å². The topological polar surface area (TPSA) is 49.4 Å². The van der Waals surface area contributed by atoms with Crippen LogP contribution in [0.1, 0.15) is 13.8 Å². The Balaban J connectivity index is 2.53. The second-order valence-corrected chi connectivity index (χ2v) is 4.25. The fraction of sp³-hybridized carbons (Fsp3) is 0.273.